The van der Waals surface area contributed by atoms with Crippen molar-refractivity contribution < 1.29 is 19.1 Å². The molecule has 1 aromatic carbocycles. The zero-order valence-electron chi connectivity index (χ0n) is 22.5. The van der Waals surface area contributed by atoms with Crippen molar-refractivity contribution in [3.05, 3.63) is 35.9 Å². The standard InChI is InChI=1S/C28H46N4O4/c1-28(2,3)36-27(34)25(11-12-26(33)35-23-24-9-5-4-6-10-24)32-17-8-16-30-18-14-29-13-7-15-31(20-19-30)21-22-32/h4-6,9-10,25,29H,7-8,11-23H2,1-3H3/t25-/m1/s1. The Morgan fingerprint density at radius 1 is 0.889 bits per heavy atom. The highest BCUT2D eigenvalue weighted by Gasteiger charge is 2.31. The molecule has 0 amide bonds. The molecule has 1 aromatic rings. The number of ether oxygens (including phenoxy) is 2. The van der Waals surface area contributed by atoms with Crippen LogP contribution in [0.25, 0.3) is 0 Å². The molecule has 1 N–H and O–H groups in total. The van der Waals surface area contributed by atoms with Gasteiger partial charge in [0.05, 0.1) is 0 Å². The minimum absolute atomic E-state index is 0.189. The maximum atomic E-state index is 13.3. The van der Waals surface area contributed by atoms with Gasteiger partial charge in [0.25, 0.3) is 0 Å². The summed E-state index contributed by atoms with van der Waals surface area (Å²) in [6.07, 6.45) is 2.70. The van der Waals surface area contributed by atoms with Crippen LogP contribution in [0.5, 0.6) is 0 Å². The van der Waals surface area contributed by atoms with Crippen LogP contribution in [0.2, 0.25) is 0 Å². The quantitative estimate of drug-likeness (QED) is 0.571. The van der Waals surface area contributed by atoms with Gasteiger partial charge in [0.2, 0.25) is 0 Å². The van der Waals surface area contributed by atoms with Crippen LogP contribution in [0, 0.1) is 0 Å². The van der Waals surface area contributed by atoms with Gasteiger partial charge in [-0.1, -0.05) is 30.3 Å². The summed E-state index contributed by atoms with van der Waals surface area (Å²) in [5, 5.41) is 3.55. The zero-order chi connectivity index (χ0) is 25.8. The molecule has 0 saturated carbocycles. The molecular formula is C28H46N4O4. The van der Waals surface area contributed by atoms with Crippen LogP contribution in [-0.2, 0) is 25.7 Å². The van der Waals surface area contributed by atoms with E-state index in [-0.39, 0.29) is 25.0 Å². The summed E-state index contributed by atoms with van der Waals surface area (Å²) in [5.41, 5.74) is 0.381. The molecule has 0 aromatic heterocycles. The number of carbonyl (C=O) groups is 2. The lowest BCUT2D eigenvalue weighted by atomic mass is 10.1. The Labute approximate surface area is 217 Å². The highest BCUT2D eigenvalue weighted by atomic mass is 16.6. The fourth-order valence-electron chi connectivity index (χ4n) is 4.82. The smallest absolute Gasteiger partial charge is 0.323 e. The Balaban J connectivity index is 1.66. The molecule has 0 radical (unpaired) electrons. The van der Waals surface area contributed by atoms with Crippen LogP contribution < -0.4 is 5.32 Å². The van der Waals surface area contributed by atoms with Crippen molar-refractivity contribution in [2.45, 2.75) is 64.7 Å². The van der Waals surface area contributed by atoms with Gasteiger partial charge in [-0.2, -0.15) is 0 Å². The fraction of sp³-hybridized carbons (Fsp3) is 0.714. The van der Waals surface area contributed by atoms with Gasteiger partial charge in [-0.25, -0.2) is 0 Å². The second-order valence-corrected chi connectivity index (χ2v) is 10.9. The van der Waals surface area contributed by atoms with Crippen molar-refractivity contribution in [1.29, 1.82) is 0 Å². The Hall–Kier alpha value is -2.00. The van der Waals surface area contributed by atoms with Crippen molar-refractivity contribution in [2.75, 3.05) is 65.4 Å². The molecule has 2 unspecified atom stereocenters. The first-order chi connectivity index (χ1) is 17.3. The molecule has 2 bridgehead atoms. The third-order valence-corrected chi connectivity index (χ3v) is 6.77. The molecule has 2 heterocycles. The normalized spacial score (nSPS) is 23.4. The van der Waals surface area contributed by atoms with E-state index in [0.717, 1.165) is 83.9 Å². The molecule has 8 heteroatoms. The van der Waals surface area contributed by atoms with Crippen LogP contribution in [0.15, 0.2) is 30.3 Å². The number of hydrogen-bond acceptors (Lipinski definition) is 8. The largest absolute Gasteiger partial charge is 0.461 e. The summed E-state index contributed by atoms with van der Waals surface area (Å²) >= 11 is 0. The molecule has 3 atom stereocenters. The number of fused-ring (bicyclic) bond motifs is 3. The number of esters is 2. The molecule has 2 saturated heterocycles. The zero-order valence-corrected chi connectivity index (χ0v) is 22.5. The number of rotatable bonds is 7. The molecule has 36 heavy (non-hydrogen) atoms. The minimum Gasteiger partial charge on any atom is -0.461 e. The fourth-order valence-corrected chi connectivity index (χ4v) is 4.82. The molecule has 0 spiro atoms. The predicted molar refractivity (Wildman–Crippen MR) is 142 cm³/mol. The maximum Gasteiger partial charge on any atom is 0.323 e. The average molecular weight is 503 g/mol. The summed E-state index contributed by atoms with van der Waals surface area (Å²) in [6.45, 7) is 15.8. The highest BCUT2D eigenvalue weighted by molar-refractivity contribution is 5.77. The van der Waals surface area contributed by atoms with E-state index in [4.69, 9.17) is 9.47 Å². The van der Waals surface area contributed by atoms with Crippen LogP contribution in [0.1, 0.15) is 52.0 Å². The second kappa shape index (κ2) is 14.7. The molecule has 202 valence electrons. The Morgan fingerprint density at radius 3 is 2.33 bits per heavy atom. The van der Waals surface area contributed by atoms with E-state index in [9.17, 15) is 9.59 Å². The molecule has 2 fully saturated rings. The van der Waals surface area contributed by atoms with Gasteiger partial charge in [0.15, 0.2) is 0 Å². The summed E-state index contributed by atoms with van der Waals surface area (Å²) in [4.78, 5) is 33.2. The van der Waals surface area contributed by atoms with Crippen LogP contribution >= 0.6 is 0 Å². The number of benzene rings is 1. The van der Waals surface area contributed by atoms with Crippen LogP contribution in [0.4, 0.5) is 0 Å². The van der Waals surface area contributed by atoms with Gasteiger partial charge >= 0.3 is 11.9 Å². The Kier molecular flexibility index (Phi) is 11.6. The molecule has 3 rings (SSSR count). The van der Waals surface area contributed by atoms with Crippen molar-refractivity contribution >= 4 is 11.9 Å². The van der Waals surface area contributed by atoms with E-state index in [1.54, 1.807) is 0 Å². The Bertz CT molecular complexity index is 798. The lowest BCUT2D eigenvalue weighted by Gasteiger charge is -2.37. The van der Waals surface area contributed by atoms with E-state index in [0.29, 0.717) is 6.42 Å². The topological polar surface area (TPSA) is 74.4 Å². The number of carbonyl (C=O) groups excluding carboxylic acids is 2. The SMILES string of the molecule is CC(C)(C)OC(=O)[C@@H](CCC(=O)OCc1ccccc1)N1CCCN2CCNCCCN(CC2)CC1. The highest BCUT2D eigenvalue weighted by Crippen LogP contribution is 2.17. The molecule has 2 aliphatic heterocycles. The van der Waals surface area contributed by atoms with Crippen molar-refractivity contribution in [2.24, 2.45) is 0 Å². The first kappa shape index (κ1) is 28.6. The Morgan fingerprint density at radius 2 is 1.58 bits per heavy atom. The van der Waals surface area contributed by atoms with E-state index < -0.39 is 11.6 Å². The monoisotopic (exact) mass is 502 g/mol. The molecular weight excluding hydrogens is 456 g/mol. The first-order valence-corrected chi connectivity index (χ1v) is 13.6. The molecule has 8 nitrogen and oxygen atoms in total. The predicted octanol–water partition coefficient (Wildman–Crippen LogP) is 2.52. The van der Waals surface area contributed by atoms with E-state index in [1.807, 2.05) is 51.1 Å². The number of nitrogens with one attached hydrogen (secondary N) is 1. The maximum absolute atomic E-state index is 13.3. The lowest BCUT2D eigenvalue weighted by Crippen LogP contribution is -2.51. The third-order valence-electron chi connectivity index (χ3n) is 6.77. The van der Waals surface area contributed by atoms with Crippen LogP contribution in [-0.4, -0.2) is 104 Å². The van der Waals surface area contributed by atoms with Crippen molar-refractivity contribution in [3.8, 4) is 0 Å². The van der Waals surface area contributed by atoms with E-state index in [2.05, 4.69) is 20.0 Å². The van der Waals surface area contributed by atoms with E-state index in [1.165, 1.54) is 0 Å². The van der Waals surface area contributed by atoms with Gasteiger partial charge in [0, 0.05) is 52.2 Å². The van der Waals surface area contributed by atoms with Gasteiger partial charge < -0.3 is 24.6 Å². The number of hydrogen-bond donors (Lipinski definition) is 1. The van der Waals surface area contributed by atoms with Crippen LogP contribution in [0.3, 0.4) is 0 Å². The lowest BCUT2D eigenvalue weighted by molar-refractivity contribution is -0.162. The average Bonchev–Trinajstić information content (AvgIpc) is 2.84. The van der Waals surface area contributed by atoms with Crippen molar-refractivity contribution in [3.63, 3.8) is 0 Å². The third kappa shape index (κ3) is 10.5. The minimum atomic E-state index is -0.576. The van der Waals surface area contributed by atoms with Gasteiger partial charge in [-0.05, 0) is 65.2 Å². The summed E-state index contributed by atoms with van der Waals surface area (Å²) in [7, 11) is 0. The number of nitrogens with zero attached hydrogens (tertiary/aromatic N) is 3. The first-order valence-electron chi connectivity index (χ1n) is 13.6. The van der Waals surface area contributed by atoms with E-state index >= 15 is 0 Å². The molecule has 2 aliphatic rings. The van der Waals surface area contributed by atoms with Gasteiger partial charge in [-0.3, -0.25) is 14.5 Å². The summed E-state index contributed by atoms with van der Waals surface area (Å²) in [6, 6.07) is 9.21. The molecule has 0 aliphatic carbocycles. The second-order valence-electron chi connectivity index (χ2n) is 10.9. The van der Waals surface area contributed by atoms with Crippen molar-refractivity contribution in [1.82, 2.24) is 20.0 Å². The summed E-state index contributed by atoms with van der Waals surface area (Å²) in [5.74, 6) is -0.528. The van der Waals surface area contributed by atoms with Gasteiger partial charge in [-0.15, -0.1) is 0 Å². The van der Waals surface area contributed by atoms with Gasteiger partial charge in [0.1, 0.15) is 18.2 Å². The summed E-state index contributed by atoms with van der Waals surface area (Å²) < 4.78 is 11.3.